The van der Waals surface area contributed by atoms with Crippen molar-refractivity contribution in [2.75, 3.05) is 4.90 Å². The molecule has 236 valence electrons. The third kappa shape index (κ3) is 5.34. The Balaban J connectivity index is 1.27. The van der Waals surface area contributed by atoms with Crippen LogP contribution in [-0.4, -0.2) is 0 Å². The monoisotopic (exact) mass is 639 g/mol. The van der Waals surface area contributed by atoms with Gasteiger partial charge in [-0.3, -0.25) is 0 Å². The Bertz CT molecular complexity index is 2430. The second-order valence-electron chi connectivity index (χ2n) is 12.5. The summed E-state index contributed by atoms with van der Waals surface area (Å²) >= 11 is 0. The molecule has 0 unspecified atom stereocenters. The van der Waals surface area contributed by atoms with Gasteiger partial charge >= 0.3 is 0 Å². The Kier molecular flexibility index (Phi) is 7.53. The van der Waals surface area contributed by atoms with Crippen molar-refractivity contribution in [1.82, 2.24) is 0 Å². The van der Waals surface area contributed by atoms with E-state index in [0.717, 1.165) is 50.8 Å². The highest BCUT2D eigenvalue weighted by Gasteiger charge is 2.28. The molecule has 8 aromatic carbocycles. The van der Waals surface area contributed by atoms with Crippen molar-refractivity contribution in [3.63, 3.8) is 0 Å². The van der Waals surface area contributed by atoms with Gasteiger partial charge in [-0.2, -0.15) is 0 Å². The molecule has 1 aliphatic rings. The van der Waals surface area contributed by atoms with Gasteiger partial charge in [-0.05, 0) is 75.3 Å². The first-order valence-corrected chi connectivity index (χ1v) is 17.0. The van der Waals surface area contributed by atoms with Gasteiger partial charge in [0, 0.05) is 28.1 Å². The fourth-order valence-corrected chi connectivity index (χ4v) is 7.13. The van der Waals surface area contributed by atoms with E-state index in [1.54, 1.807) is 0 Å². The number of hydrogen-bond donors (Lipinski definition) is 0. The molecule has 0 aromatic heterocycles. The van der Waals surface area contributed by atoms with Crippen LogP contribution in [0.5, 0.6) is 11.5 Å². The van der Waals surface area contributed by atoms with E-state index in [1.165, 1.54) is 33.4 Å². The fourth-order valence-electron chi connectivity index (χ4n) is 7.13. The van der Waals surface area contributed by atoms with Crippen LogP contribution < -0.4 is 9.64 Å². The minimum Gasteiger partial charge on any atom is -0.454 e. The Labute approximate surface area is 293 Å². The summed E-state index contributed by atoms with van der Waals surface area (Å²) in [5.41, 5.74) is 14.6. The third-order valence-electron chi connectivity index (χ3n) is 9.49. The molecule has 0 saturated carbocycles. The molecule has 0 spiro atoms. The molecule has 8 aromatic rings. The number of ether oxygens (including phenoxy) is 1. The molecule has 2 nitrogen and oxygen atoms in total. The Hall–Kier alpha value is -6.64. The molecule has 1 aliphatic heterocycles. The van der Waals surface area contributed by atoms with Gasteiger partial charge in [0.05, 0.1) is 5.69 Å². The lowest BCUT2D eigenvalue weighted by molar-refractivity contribution is 0.489. The van der Waals surface area contributed by atoms with E-state index in [2.05, 4.69) is 205 Å². The van der Waals surface area contributed by atoms with Gasteiger partial charge in [-0.1, -0.05) is 164 Å². The maximum atomic E-state index is 7.10. The number of nitrogens with zero attached hydrogens (tertiary/aromatic N) is 1. The van der Waals surface area contributed by atoms with Crippen LogP contribution >= 0.6 is 0 Å². The summed E-state index contributed by atoms with van der Waals surface area (Å²) in [4.78, 5) is 2.33. The molecular weight excluding hydrogens is 607 g/mol. The van der Waals surface area contributed by atoms with Gasteiger partial charge in [0.1, 0.15) is 5.75 Å². The minimum atomic E-state index is 0.821. The third-order valence-corrected chi connectivity index (χ3v) is 9.49. The molecule has 1 heterocycles. The van der Waals surface area contributed by atoms with Crippen molar-refractivity contribution in [2.45, 2.75) is 0 Å². The van der Waals surface area contributed by atoms with E-state index in [-0.39, 0.29) is 0 Å². The van der Waals surface area contributed by atoms with Crippen molar-refractivity contribution < 1.29 is 4.74 Å². The van der Waals surface area contributed by atoms with Crippen molar-refractivity contribution >= 4 is 17.1 Å². The van der Waals surface area contributed by atoms with Crippen LogP contribution in [0.25, 0.3) is 55.6 Å². The molecule has 50 heavy (non-hydrogen) atoms. The molecular formula is C48H33NO. The minimum absolute atomic E-state index is 0.821. The molecule has 0 aliphatic carbocycles. The van der Waals surface area contributed by atoms with Gasteiger partial charge in [-0.15, -0.1) is 0 Å². The van der Waals surface area contributed by atoms with Crippen molar-refractivity contribution in [2.24, 2.45) is 0 Å². The smallest absolute Gasteiger partial charge is 0.159 e. The predicted octanol–water partition coefficient (Wildman–Crippen LogP) is 13.6. The van der Waals surface area contributed by atoms with Gasteiger partial charge in [0.25, 0.3) is 0 Å². The average molecular weight is 640 g/mol. The number of hydrogen-bond acceptors (Lipinski definition) is 2. The molecule has 0 saturated heterocycles. The first kappa shape index (κ1) is 29.5. The summed E-state index contributed by atoms with van der Waals surface area (Å²) in [6.07, 6.45) is 0. The quantitative estimate of drug-likeness (QED) is 0.179. The number of fused-ring (bicyclic) bond motifs is 5. The lowest BCUT2D eigenvalue weighted by atomic mass is 9.87. The Morgan fingerprint density at radius 2 is 0.840 bits per heavy atom. The second-order valence-corrected chi connectivity index (χ2v) is 12.5. The Morgan fingerprint density at radius 1 is 0.320 bits per heavy atom. The highest BCUT2D eigenvalue weighted by Crippen LogP contribution is 2.54. The number of benzene rings is 8. The summed E-state index contributed by atoms with van der Waals surface area (Å²) in [6.45, 7) is 0. The Morgan fingerprint density at radius 3 is 1.58 bits per heavy atom. The van der Waals surface area contributed by atoms with E-state index in [9.17, 15) is 0 Å². The largest absolute Gasteiger partial charge is 0.454 e. The van der Waals surface area contributed by atoms with Crippen LogP contribution in [-0.2, 0) is 0 Å². The molecule has 0 radical (unpaired) electrons. The maximum absolute atomic E-state index is 7.10. The van der Waals surface area contributed by atoms with Crippen LogP contribution in [0.15, 0.2) is 200 Å². The van der Waals surface area contributed by atoms with E-state index < -0.39 is 0 Å². The number of para-hydroxylation sites is 2. The van der Waals surface area contributed by atoms with E-state index in [0.29, 0.717) is 0 Å². The zero-order chi connectivity index (χ0) is 33.3. The van der Waals surface area contributed by atoms with Gasteiger partial charge in [0.15, 0.2) is 5.75 Å². The van der Waals surface area contributed by atoms with Crippen LogP contribution in [0, 0.1) is 0 Å². The van der Waals surface area contributed by atoms with E-state index >= 15 is 0 Å². The average Bonchev–Trinajstić information content (AvgIpc) is 3.34. The van der Waals surface area contributed by atoms with E-state index in [4.69, 9.17) is 4.74 Å². The van der Waals surface area contributed by atoms with Crippen molar-refractivity contribution in [3.05, 3.63) is 200 Å². The van der Waals surface area contributed by atoms with Crippen LogP contribution in [0.1, 0.15) is 0 Å². The zero-order valence-corrected chi connectivity index (χ0v) is 27.4. The molecule has 0 fully saturated rings. The second kappa shape index (κ2) is 12.8. The van der Waals surface area contributed by atoms with Crippen molar-refractivity contribution in [3.8, 4) is 67.1 Å². The molecule has 9 rings (SSSR count). The molecule has 0 amide bonds. The van der Waals surface area contributed by atoms with Gasteiger partial charge in [0.2, 0.25) is 0 Å². The summed E-state index contributed by atoms with van der Waals surface area (Å²) < 4.78 is 7.10. The molecule has 0 N–H and O–H groups in total. The lowest BCUT2D eigenvalue weighted by Gasteiger charge is -2.29. The SMILES string of the molecule is c1ccc(-c2ccc(N(c3cccc(-c4ccccc4)c3)c3cccc4c3Oc3ccccc3-c3c(-c5ccccc5)cccc3-4)cc2)cc1. The number of rotatable bonds is 6. The standard InChI is InChI=1S/C48H33NO/c1-4-15-34(16-5-1)36-29-31-39(32-30-36)49(40-22-12-21-38(33-40)35-17-6-2-7-18-35)45-27-14-26-43-42-25-13-24-41(37-19-8-3-9-20-37)47(42)44-23-10-11-28-46(44)50-48(43)45/h1-33H. The summed E-state index contributed by atoms with van der Waals surface area (Å²) in [6, 6.07) is 70.9. The first-order chi connectivity index (χ1) is 24.8. The van der Waals surface area contributed by atoms with Crippen LogP contribution in [0.4, 0.5) is 17.1 Å². The lowest BCUT2D eigenvalue weighted by Crippen LogP contribution is -2.11. The van der Waals surface area contributed by atoms with Crippen LogP contribution in [0.2, 0.25) is 0 Å². The molecule has 0 bridgehead atoms. The number of anilines is 3. The highest BCUT2D eigenvalue weighted by atomic mass is 16.5. The van der Waals surface area contributed by atoms with Crippen molar-refractivity contribution in [1.29, 1.82) is 0 Å². The molecule has 2 heteroatoms. The van der Waals surface area contributed by atoms with Gasteiger partial charge in [-0.25, -0.2) is 0 Å². The van der Waals surface area contributed by atoms with E-state index in [1.807, 2.05) is 0 Å². The topological polar surface area (TPSA) is 12.5 Å². The highest BCUT2D eigenvalue weighted by molar-refractivity contribution is 6.01. The van der Waals surface area contributed by atoms with Crippen LogP contribution in [0.3, 0.4) is 0 Å². The zero-order valence-electron chi connectivity index (χ0n) is 27.4. The predicted molar refractivity (Wildman–Crippen MR) is 208 cm³/mol. The maximum Gasteiger partial charge on any atom is 0.159 e. The molecule has 0 atom stereocenters. The summed E-state index contributed by atoms with van der Waals surface area (Å²) in [5, 5.41) is 0. The normalized spacial score (nSPS) is 11.4. The summed E-state index contributed by atoms with van der Waals surface area (Å²) in [7, 11) is 0. The first-order valence-electron chi connectivity index (χ1n) is 17.0. The van der Waals surface area contributed by atoms with Gasteiger partial charge < -0.3 is 9.64 Å². The fraction of sp³-hybridized carbons (Fsp3) is 0. The summed E-state index contributed by atoms with van der Waals surface area (Å²) in [5.74, 6) is 1.65.